The molecule has 0 aromatic carbocycles. The number of alkyl halides is 3. The lowest BCUT2D eigenvalue weighted by Gasteiger charge is -2.10. The SMILES string of the molecule is Cc1cc(Cl)c(CC(=O)NCCSc2ncc(C(F)(F)F)cc2Cl)c(Cl)n1. The maximum absolute atomic E-state index is 12.6. The van der Waals surface area contributed by atoms with Gasteiger partial charge in [0.05, 0.1) is 17.0 Å². The van der Waals surface area contributed by atoms with E-state index in [2.05, 4.69) is 15.3 Å². The van der Waals surface area contributed by atoms with Crippen molar-refractivity contribution in [3.63, 3.8) is 0 Å². The highest BCUT2D eigenvalue weighted by atomic mass is 35.5. The van der Waals surface area contributed by atoms with E-state index in [-0.39, 0.29) is 34.1 Å². The molecule has 11 heteroatoms. The molecule has 2 rings (SSSR count). The Labute approximate surface area is 172 Å². The summed E-state index contributed by atoms with van der Waals surface area (Å²) in [6.07, 6.45) is -3.81. The molecule has 0 aliphatic rings. The van der Waals surface area contributed by atoms with Gasteiger partial charge in [0, 0.05) is 34.8 Å². The molecule has 0 aliphatic heterocycles. The van der Waals surface area contributed by atoms with E-state index in [0.29, 0.717) is 22.0 Å². The second kappa shape index (κ2) is 9.32. The number of nitrogens with one attached hydrogen (secondary N) is 1. The highest BCUT2D eigenvalue weighted by Gasteiger charge is 2.31. The van der Waals surface area contributed by atoms with Crippen LogP contribution in [0.25, 0.3) is 0 Å². The van der Waals surface area contributed by atoms with Crippen molar-refractivity contribution in [2.24, 2.45) is 0 Å². The Hall–Kier alpha value is -1.22. The molecule has 146 valence electrons. The topological polar surface area (TPSA) is 54.9 Å². The molecule has 0 fully saturated rings. The molecular formula is C16H13Cl3F3N3OS. The maximum atomic E-state index is 12.6. The number of hydrogen-bond donors (Lipinski definition) is 1. The number of hydrogen-bond acceptors (Lipinski definition) is 4. The summed E-state index contributed by atoms with van der Waals surface area (Å²) in [6.45, 7) is 2.00. The number of aromatic nitrogens is 2. The Morgan fingerprint density at radius 1 is 1.22 bits per heavy atom. The molecule has 2 aromatic rings. The van der Waals surface area contributed by atoms with Crippen LogP contribution < -0.4 is 5.32 Å². The summed E-state index contributed by atoms with van der Waals surface area (Å²) in [5.41, 5.74) is 0.165. The molecular weight excluding hydrogens is 446 g/mol. The molecule has 4 nitrogen and oxygen atoms in total. The van der Waals surface area contributed by atoms with Crippen molar-refractivity contribution in [3.05, 3.63) is 50.3 Å². The van der Waals surface area contributed by atoms with Crippen molar-refractivity contribution < 1.29 is 18.0 Å². The van der Waals surface area contributed by atoms with E-state index in [1.165, 1.54) is 0 Å². The lowest BCUT2D eigenvalue weighted by atomic mass is 10.2. The Morgan fingerprint density at radius 2 is 1.93 bits per heavy atom. The summed E-state index contributed by atoms with van der Waals surface area (Å²) in [5.74, 6) is 0.0637. The van der Waals surface area contributed by atoms with Crippen LogP contribution in [0.5, 0.6) is 0 Å². The van der Waals surface area contributed by atoms with Crippen molar-refractivity contribution in [1.29, 1.82) is 0 Å². The molecule has 0 unspecified atom stereocenters. The number of amides is 1. The molecule has 2 heterocycles. The molecule has 0 saturated carbocycles. The third-order valence-electron chi connectivity index (χ3n) is 3.28. The predicted octanol–water partition coefficient (Wildman–Crippen LogP) is 5.22. The van der Waals surface area contributed by atoms with Crippen molar-refractivity contribution in [2.75, 3.05) is 12.3 Å². The van der Waals surface area contributed by atoms with Crippen LogP contribution in [0.4, 0.5) is 13.2 Å². The predicted molar refractivity (Wildman–Crippen MR) is 101 cm³/mol. The zero-order valence-corrected chi connectivity index (χ0v) is 16.9. The zero-order chi connectivity index (χ0) is 20.2. The van der Waals surface area contributed by atoms with Gasteiger partial charge in [-0.1, -0.05) is 34.8 Å². The Balaban J connectivity index is 1.84. The number of thioether (sulfide) groups is 1. The van der Waals surface area contributed by atoms with Crippen LogP contribution in [0.15, 0.2) is 23.4 Å². The van der Waals surface area contributed by atoms with E-state index in [9.17, 15) is 18.0 Å². The summed E-state index contributed by atoms with van der Waals surface area (Å²) in [4.78, 5) is 19.8. The largest absolute Gasteiger partial charge is 0.417 e. The van der Waals surface area contributed by atoms with Gasteiger partial charge in [-0.2, -0.15) is 13.2 Å². The smallest absolute Gasteiger partial charge is 0.355 e. The first-order valence-corrected chi connectivity index (χ1v) is 9.63. The molecule has 0 radical (unpaired) electrons. The minimum atomic E-state index is -4.50. The van der Waals surface area contributed by atoms with Gasteiger partial charge in [-0.05, 0) is 19.1 Å². The first-order valence-electron chi connectivity index (χ1n) is 7.51. The summed E-state index contributed by atoms with van der Waals surface area (Å²) in [6, 6.07) is 2.44. The van der Waals surface area contributed by atoms with Gasteiger partial charge < -0.3 is 5.32 Å². The average Bonchev–Trinajstić information content (AvgIpc) is 2.55. The first-order chi connectivity index (χ1) is 12.6. The highest BCUT2D eigenvalue weighted by Crippen LogP contribution is 2.33. The molecule has 1 N–H and O–H groups in total. The Bertz CT molecular complexity index is 826. The summed E-state index contributed by atoms with van der Waals surface area (Å²) < 4.78 is 37.7. The fourth-order valence-corrected chi connectivity index (χ4v) is 3.74. The van der Waals surface area contributed by atoms with Gasteiger partial charge in [-0.3, -0.25) is 4.79 Å². The van der Waals surface area contributed by atoms with Gasteiger partial charge in [-0.25, -0.2) is 9.97 Å². The maximum Gasteiger partial charge on any atom is 0.417 e. The number of pyridine rings is 2. The van der Waals surface area contributed by atoms with Crippen LogP contribution in [-0.4, -0.2) is 28.2 Å². The van der Waals surface area contributed by atoms with Crippen molar-refractivity contribution in [3.8, 4) is 0 Å². The van der Waals surface area contributed by atoms with Gasteiger partial charge in [0.1, 0.15) is 10.2 Å². The number of carbonyl (C=O) groups is 1. The molecule has 0 aliphatic carbocycles. The van der Waals surface area contributed by atoms with Gasteiger partial charge in [0.25, 0.3) is 0 Å². The van der Waals surface area contributed by atoms with Crippen LogP contribution in [0, 0.1) is 6.92 Å². The second-order valence-electron chi connectivity index (χ2n) is 5.40. The van der Waals surface area contributed by atoms with Crippen molar-refractivity contribution in [1.82, 2.24) is 15.3 Å². The van der Waals surface area contributed by atoms with E-state index in [1.807, 2.05) is 0 Å². The minimum absolute atomic E-state index is 0.0328. The molecule has 0 atom stereocenters. The standard InChI is InChI=1S/C16H13Cl3F3N3OS/c1-8-4-11(17)10(14(19)25-8)6-13(26)23-2-3-27-15-12(18)5-9(7-24-15)16(20,21)22/h4-5,7H,2-3,6H2,1H3,(H,23,26). The van der Waals surface area contributed by atoms with Gasteiger partial charge in [0.15, 0.2) is 0 Å². The van der Waals surface area contributed by atoms with Gasteiger partial charge in [-0.15, -0.1) is 11.8 Å². The number of nitrogens with zero attached hydrogens (tertiary/aromatic N) is 2. The Kier molecular flexibility index (Phi) is 7.62. The normalized spacial score (nSPS) is 11.5. The monoisotopic (exact) mass is 457 g/mol. The molecule has 0 saturated heterocycles. The fraction of sp³-hybridized carbons (Fsp3) is 0.312. The van der Waals surface area contributed by atoms with Crippen LogP contribution in [0.3, 0.4) is 0 Å². The average molecular weight is 459 g/mol. The molecule has 2 aromatic heterocycles. The first kappa shape index (κ1) is 22.1. The van der Waals surface area contributed by atoms with Crippen LogP contribution in [-0.2, 0) is 17.4 Å². The summed E-state index contributed by atoms with van der Waals surface area (Å²) in [7, 11) is 0. The molecule has 0 bridgehead atoms. The zero-order valence-electron chi connectivity index (χ0n) is 13.8. The van der Waals surface area contributed by atoms with Crippen LogP contribution >= 0.6 is 46.6 Å². The quantitative estimate of drug-likeness (QED) is 0.366. The molecule has 0 spiro atoms. The third kappa shape index (κ3) is 6.41. The van der Waals surface area contributed by atoms with Gasteiger partial charge in [0.2, 0.25) is 5.91 Å². The highest BCUT2D eigenvalue weighted by molar-refractivity contribution is 7.99. The lowest BCUT2D eigenvalue weighted by molar-refractivity contribution is -0.137. The molecule has 1 amide bonds. The second-order valence-corrected chi connectivity index (χ2v) is 7.65. The lowest BCUT2D eigenvalue weighted by Crippen LogP contribution is -2.27. The van der Waals surface area contributed by atoms with E-state index < -0.39 is 11.7 Å². The minimum Gasteiger partial charge on any atom is -0.355 e. The van der Waals surface area contributed by atoms with Crippen molar-refractivity contribution >= 4 is 52.5 Å². The number of carbonyl (C=O) groups excluding carboxylic acids is 1. The van der Waals surface area contributed by atoms with Crippen LogP contribution in [0.2, 0.25) is 15.2 Å². The fourth-order valence-electron chi connectivity index (χ4n) is 2.03. The van der Waals surface area contributed by atoms with Crippen molar-refractivity contribution in [2.45, 2.75) is 24.5 Å². The summed E-state index contributed by atoms with van der Waals surface area (Å²) >= 11 is 19.0. The number of aryl methyl sites for hydroxylation is 1. The molecule has 27 heavy (non-hydrogen) atoms. The van der Waals surface area contributed by atoms with Gasteiger partial charge >= 0.3 is 6.18 Å². The Morgan fingerprint density at radius 3 is 2.52 bits per heavy atom. The summed E-state index contributed by atoms with van der Waals surface area (Å²) in [5, 5.41) is 3.37. The van der Waals surface area contributed by atoms with E-state index >= 15 is 0 Å². The van der Waals surface area contributed by atoms with E-state index in [1.54, 1.807) is 13.0 Å². The third-order valence-corrected chi connectivity index (χ3v) is 5.34. The van der Waals surface area contributed by atoms with E-state index in [0.717, 1.165) is 24.0 Å². The number of rotatable bonds is 6. The van der Waals surface area contributed by atoms with E-state index in [4.69, 9.17) is 34.8 Å². The van der Waals surface area contributed by atoms with Crippen LogP contribution in [0.1, 0.15) is 16.8 Å². The number of halogens is 6.